The summed E-state index contributed by atoms with van der Waals surface area (Å²) >= 11 is 5.80. The van der Waals surface area contributed by atoms with Gasteiger partial charge in [0.25, 0.3) is 0 Å². The molecule has 0 bridgehead atoms. The van der Waals surface area contributed by atoms with Crippen molar-refractivity contribution >= 4 is 31.3 Å². The molecule has 3 rings (SSSR count). The summed E-state index contributed by atoms with van der Waals surface area (Å²) in [5.41, 5.74) is 0. The van der Waals surface area contributed by atoms with Gasteiger partial charge in [-0.25, -0.2) is 16.8 Å². The monoisotopic (exact) mass is 393 g/mol. The lowest BCUT2D eigenvalue weighted by atomic mass is 10.2. The molecule has 2 aliphatic rings. The molecule has 6 nitrogen and oxygen atoms in total. The lowest BCUT2D eigenvalue weighted by Gasteiger charge is -2.21. The lowest BCUT2D eigenvalue weighted by molar-refractivity contribution is 0.108. The molecule has 24 heavy (non-hydrogen) atoms. The highest BCUT2D eigenvalue weighted by molar-refractivity contribution is 7.96. The predicted molar refractivity (Wildman–Crippen MR) is 91.8 cm³/mol. The predicted octanol–water partition coefficient (Wildman–Crippen LogP) is 1.05. The zero-order valence-electron chi connectivity index (χ0n) is 13.0. The Labute approximate surface area is 147 Å². The Morgan fingerprint density at radius 3 is 2.54 bits per heavy atom. The standard InChI is InChI=1S/C15H20ClNO5S2/c16-11-3-5-13(6-4-11)24(20,21)15-10-23(18,19)9-14(15)17-8-12-2-1-7-22-12/h3-6,12,14-15,17H,1-2,7-10H2/t12-,14-,15-/m0/s1. The van der Waals surface area contributed by atoms with Crippen LogP contribution in [-0.2, 0) is 24.4 Å². The minimum atomic E-state index is -3.76. The zero-order chi connectivity index (χ0) is 17.4. The van der Waals surface area contributed by atoms with Gasteiger partial charge in [-0.05, 0) is 37.1 Å². The molecule has 0 saturated carbocycles. The highest BCUT2D eigenvalue weighted by Gasteiger charge is 2.45. The van der Waals surface area contributed by atoms with Crippen molar-refractivity contribution in [2.24, 2.45) is 0 Å². The van der Waals surface area contributed by atoms with E-state index in [-0.39, 0.29) is 22.5 Å². The first kappa shape index (κ1) is 18.1. The summed E-state index contributed by atoms with van der Waals surface area (Å²) in [6.07, 6.45) is 1.90. The fraction of sp³-hybridized carbons (Fsp3) is 0.600. The first-order valence-corrected chi connectivity index (χ1v) is 11.6. The fourth-order valence-corrected chi connectivity index (χ4v) is 8.04. The van der Waals surface area contributed by atoms with Crippen molar-refractivity contribution in [2.45, 2.75) is 35.1 Å². The molecule has 0 unspecified atom stereocenters. The van der Waals surface area contributed by atoms with Crippen LogP contribution < -0.4 is 5.32 Å². The summed E-state index contributed by atoms with van der Waals surface area (Å²) in [6.45, 7) is 1.16. The van der Waals surface area contributed by atoms with E-state index in [9.17, 15) is 16.8 Å². The number of rotatable bonds is 5. The lowest BCUT2D eigenvalue weighted by Crippen LogP contribution is -2.45. The molecule has 2 aliphatic heterocycles. The Morgan fingerprint density at radius 1 is 1.21 bits per heavy atom. The van der Waals surface area contributed by atoms with Crippen molar-refractivity contribution in [2.75, 3.05) is 24.7 Å². The normalized spacial score (nSPS) is 29.8. The first-order chi connectivity index (χ1) is 11.3. The molecule has 0 radical (unpaired) electrons. The third-order valence-electron chi connectivity index (χ3n) is 4.47. The topological polar surface area (TPSA) is 89.5 Å². The van der Waals surface area contributed by atoms with Crippen LogP contribution in [0.4, 0.5) is 0 Å². The van der Waals surface area contributed by atoms with E-state index in [0.29, 0.717) is 18.2 Å². The molecule has 1 aromatic carbocycles. The van der Waals surface area contributed by atoms with Crippen molar-refractivity contribution in [3.05, 3.63) is 29.3 Å². The summed E-state index contributed by atoms with van der Waals surface area (Å²) in [7, 11) is -7.16. The van der Waals surface area contributed by atoms with Crippen LogP contribution in [0, 0.1) is 0 Å². The Kier molecular flexibility index (Phi) is 5.22. The minimum absolute atomic E-state index is 0.0205. The Hall–Kier alpha value is -0.670. The molecule has 0 amide bonds. The van der Waals surface area contributed by atoms with E-state index in [1.54, 1.807) is 0 Å². The molecular weight excluding hydrogens is 374 g/mol. The quantitative estimate of drug-likeness (QED) is 0.804. The summed E-state index contributed by atoms with van der Waals surface area (Å²) in [5, 5.41) is 2.54. The van der Waals surface area contributed by atoms with Gasteiger partial charge in [0.15, 0.2) is 19.7 Å². The van der Waals surface area contributed by atoms with Gasteiger partial charge in [-0.1, -0.05) is 11.6 Å². The maximum absolute atomic E-state index is 12.9. The van der Waals surface area contributed by atoms with Crippen LogP contribution in [0.15, 0.2) is 29.2 Å². The number of hydrogen-bond acceptors (Lipinski definition) is 6. The average molecular weight is 394 g/mol. The highest BCUT2D eigenvalue weighted by Crippen LogP contribution is 2.27. The first-order valence-electron chi connectivity index (χ1n) is 7.83. The second-order valence-corrected chi connectivity index (χ2v) is 11.0. The SMILES string of the molecule is O=S1(=O)C[C@H](NC[C@@H]2CCCO2)[C@@H](S(=O)(=O)c2ccc(Cl)cc2)C1. The van der Waals surface area contributed by atoms with E-state index in [1.165, 1.54) is 24.3 Å². The second kappa shape index (κ2) is 6.92. The van der Waals surface area contributed by atoms with Crippen LogP contribution >= 0.6 is 11.6 Å². The molecule has 2 heterocycles. The molecule has 2 saturated heterocycles. The van der Waals surface area contributed by atoms with Gasteiger partial charge >= 0.3 is 0 Å². The summed E-state index contributed by atoms with van der Waals surface area (Å²) in [6, 6.07) is 5.19. The fourth-order valence-electron chi connectivity index (χ4n) is 3.20. The van der Waals surface area contributed by atoms with Crippen molar-refractivity contribution < 1.29 is 21.6 Å². The third kappa shape index (κ3) is 3.94. The minimum Gasteiger partial charge on any atom is -0.377 e. The molecule has 0 spiro atoms. The van der Waals surface area contributed by atoms with Crippen LogP contribution in [0.2, 0.25) is 5.02 Å². The Morgan fingerprint density at radius 2 is 1.92 bits per heavy atom. The summed E-state index contributed by atoms with van der Waals surface area (Å²) < 4.78 is 55.3. The van der Waals surface area contributed by atoms with Gasteiger partial charge in [0.05, 0.1) is 27.8 Å². The number of halogens is 1. The zero-order valence-corrected chi connectivity index (χ0v) is 15.4. The molecule has 2 fully saturated rings. The molecule has 0 aliphatic carbocycles. The van der Waals surface area contributed by atoms with Crippen LogP contribution in [-0.4, -0.2) is 58.9 Å². The van der Waals surface area contributed by atoms with E-state index >= 15 is 0 Å². The number of hydrogen-bond donors (Lipinski definition) is 1. The highest BCUT2D eigenvalue weighted by atomic mass is 35.5. The van der Waals surface area contributed by atoms with Crippen molar-refractivity contribution in [1.29, 1.82) is 0 Å². The molecule has 3 atom stereocenters. The number of benzene rings is 1. The van der Waals surface area contributed by atoms with Gasteiger partial charge in [-0.15, -0.1) is 0 Å². The number of ether oxygens (including phenoxy) is 1. The van der Waals surface area contributed by atoms with E-state index in [4.69, 9.17) is 16.3 Å². The molecular formula is C15H20ClNO5S2. The van der Waals surface area contributed by atoms with Crippen molar-refractivity contribution in [3.8, 4) is 0 Å². The second-order valence-electron chi connectivity index (χ2n) is 6.26. The molecule has 1 aromatic rings. The summed E-state index contributed by atoms with van der Waals surface area (Å²) in [4.78, 5) is 0.0953. The maximum Gasteiger partial charge on any atom is 0.183 e. The maximum atomic E-state index is 12.9. The van der Waals surface area contributed by atoms with Gasteiger partial charge in [0, 0.05) is 24.2 Å². The van der Waals surface area contributed by atoms with Gasteiger partial charge in [0.1, 0.15) is 0 Å². The number of nitrogens with one attached hydrogen (secondary N) is 1. The van der Waals surface area contributed by atoms with Gasteiger partial charge < -0.3 is 10.1 Å². The van der Waals surface area contributed by atoms with E-state index in [2.05, 4.69) is 5.32 Å². The Balaban J connectivity index is 1.80. The largest absolute Gasteiger partial charge is 0.377 e. The van der Waals surface area contributed by atoms with Crippen molar-refractivity contribution in [3.63, 3.8) is 0 Å². The van der Waals surface area contributed by atoms with E-state index in [0.717, 1.165) is 12.8 Å². The third-order valence-corrected chi connectivity index (χ3v) is 8.89. The molecule has 0 aromatic heterocycles. The van der Waals surface area contributed by atoms with Gasteiger partial charge in [0.2, 0.25) is 0 Å². The Bertz CT molecular complexity index is 786. The van der Waals surface area contributed by atoms with Crippen molar-refractivity contribution in [1.82, 2.24) is 5.32 Å². The van der Waals surface area contributed by atoms with Crippen LogP contribution in [0.3, 0.4) is 0 Å². The van der Waals surface area contributed by atoms with E-state index < -0.39 is 31.0 Å². The number of sulfone groups is 2. The van der Waals surface area contributed by atoms with Crippen LogP contribution in [0.25, 0.3) is 0 Å². The van der Waals surface area contributed by atoms with Gasteiger partial charge in [-0.3, -0.25) is 0 Å². The van der Waals surface area contributed by atoms with E-state index in [1.807, 2.05) is 0 Å². The van der Waals surface area contributed by atoms with Gasteiger partial charge in [-0.2, -0.15) is 0 Å². The van der Waals surface area contributed by atoms with Crippen LogP contribution in [0.5, 0.6) is 0 Å². The molecule has 9 heteroatoms. The molecule has 1 N–H and O–H groups in total. The average Bonchev–Trinajstić information content (AvgIpc) is 3.13. The summed E-state index contributed by atoms with van der Waals surface area (Å²) in [5.74, 6) is -0.529. The molecule has 134 valence electrons. The smallest absolute Gasteiger partial charge is 0.183 e. The van der Waals surface area contributed by atoms with Crippen LogP contribution in [0.1, 0.15) is 12.8 Å².